The third-order valence-corrected chi connectivity index (χ3v) is 2.44. The first-order valence-corrected chi connectivity index (χ1v) is 4.93. The van der Waals surface area contributed by atoms with Gasteiger partial charge in [0, 0.05) is 22.6 Å². The lowest BCUT2D eigenvalue weighted by Crippen LogP contribution is -2.14. The zero-order valence-corrected chi connectivity index (χ0v) is 8.98. The molecule has 0 saturated carbocycles. The van der Waals surface area contributed by atoms with E-state index in [1.54, 1.807) is 0 Å². The summed E-state index contributed by atoms with van der Waals surface area (Å²) in [6.45, 7) is 7.48. The Morgan fingerprint density at radius 2 is 2.00 bits per heavy atom. The number of rotatable bonds is 4. The number of hydrogen-bond acceptors (Lipinski definition) is 1. The molecule has 2 heteroatoms. The van der Waals surface area contributed by atoms with Gasteiger partial charge in [-0.15, -0.1) is 0 Å². The Balaban J connectivity index is 3.06. The maximum Gasteiger partial charge on any atom is 0.0488 e. The third-order valence-electron chi connectivity index (χ3n) is 1.29. The van der Waals surface area contributed by atoms with Gasteiger partial charge in [0.15, 0.2) is 0 Å². The van der Waals surface area contributed by atoms with Crippen molar-refractivity contribution < 1.29 is 4.74 Å². The highest BCUT2D eigenvalue weighted by atomic mass is 28.1. The van der Waals surface area contributed by atoms with Gasteiger partial charge in [-0.3, -0.25) is 0 Å². The summed E-state index contributed by atoms with van der Waals surface area (Å²) in [6, 6.07) is 0. The molecular formula is C7H18OSi. The minimum Gasteiger partial charge on any atom is -0.382 e. The molecule has 0 amide bonds. The molecule has 0 aliphatic carbocycles. The second-order valence-corrected chi connectivity index (χ2v) is 4.23. The Kier molecular flexibility index (Phi) is 5.10. The Morgan fingerprint density at radius 1 is 1.44 bits per heavy atom. The molecule has 0 N–H and O–H groups in total. The topological polar surface area (TPSA) is 9.23 Å². The molecule has 0 spiro atoms. The second-order valence-electron chi connectivity index (χ2n) is 2.95. The van der Waals surface area contributed by atoms with Crippen molar-refractivity contribution in [1.29, 1.82) is 0 Å². The Bertz CT molecular complexity index is 63.9. The van der Waals surface area contributed by atoms with E-state index in [-0.39, 0.29) is 0 Å². The van der Waals surface area contributed by atoms with Gasteiger partial charge in [0.2, 0.25) is 0 Å². The van der Waals surface area contributed by atoms with E-state index in [0.29, 0.717) is 11.6 Å². The van der Waals surface area contributed by atoms with Crippen LogP contribution in [0.1, 0.15) is 27.2 Å². The molecule has 9 heavy (non-hydrogen) atoms. The average molecular weight is 146 g/mol. The van der Waals surface area contributed by atoms with Crippen molar-refractivity contribution in [3.8, 4) is 0 Å². The van der Waals surface area contributed by atoms with Crippen LogP contribution in [0.5, 0.6) is 0 Å². The molecule has 0 aromatic carbocycles. The van der Waals surface area contributed by atoms with Gasteiger partial charge in [-0.25, -0.2) is 0 Å². The summed E-state index contributed by atoms with van der Waals surface area (Å²) in [4.78, 5) is 0. The van der Waals surface area contributed by atoms with Gasteiger partial charge in [0.05, 0.1) is 0 Å². The van der Waals surface area contributed by atoms with Crippen molar-refractivity contribution in [3.63, 3.8) is 0 Å². The summed E-state index contributed by atoms with van der Waals surface area (Å²) < 4.78 is 5.51. The normalized spacial score (nSPS) is 14.7. The zero-order valence-electron chi connectivity index (χ0n) is 6.98. The van der Waals surface area contributed by atoms with Crippen LogP contribution in [0, 0.1) is 5.92 Å². The standard InChI is InChI=1S/C7H18OSi/c1-4-7(9)8-5-6(2)3/h6-7H,4-5H2,1-3,9H3. The fourth-order valence-corrected chi connectivity index (χ4v) is 0.667. The summed E-state index contributed by atoms with van der Waals surface area (Å²) in [6.07, 6.45) is 1.18. The minimum atomic E-state index is 0.576. The van der Waals surface area contributed by atoms with Crippen LogP contribution in [-0.4, -0.2) is 22.6 Å². The van der Waals surface area contributed by atoms with Crippen LogP contribution in [0.25, 0.3) is 0 Å². The van der Waals surface area contributed by atoms with Gasteiger partial charge in [-0.05, 0) is 12.3 Å². The van der Waals surface area contributed by atoms with Crippen LogP contribution in [0.4, 0.5) is 0 Å². The second kappa shape index (κ2) is 5.00. The molecule has 0 aromatic rings. The van der Waals surface area contributed by atoms with Crippen molar-refractivity contribution in [3.05, 3.63) is 0 Å². The molecule has 1 unspecified atom stereocenters. The van der Waals surface area contributed by atoms with E-state index in [1.165, 1.54) is 16.7 Å². The van der Waals surface area contributed by atoms with Gasteiger partial charge in [-0.1, -0.05) is 20.8 Å². The minimum absolute atomic E-state index is 0.576. The molecule has 1 nitrogen and oxygen atoms in total. The zero-order chi connectivity index (χ0) is 7.28. The summed E-state index contributed by atoms with van der Waals surface area (Å²) in [7, 11) is 1.17. The van der Waals surface area contributed by atoms with Gasteiger partial charge < -0.3 is 4.74 Å². The van der Waals surface area contributed by atoms with Crippen molar-refractivity contribution in [2.75, 3.05) is 6.61 Å². The summed E-state index contributed by atoms with van der Waals surface area (Å²) in [5.41, 5.74) is 0.576. The maximum absolute atomic E-state index is 5.51. The molecule has 0 heterocycles. The fraction of sp³-hybridized carbons (Fsp3) is 1.00. The molecule has 1 atom stereocenters. The van der Waals surface area contributed by atoms with E-state index in [0.717, 1.165) is 6.61 Å². The van der Waals surface area contributed by atoms with E-state index in [1.807, 2.05) is 0 Å². The molecule has 0 fully saturated rings. The third kappa shape index (κ3) is 6.06. The Morgan fingerprint density at radius 3 is 2.33 bits per heavy atom. The van der Waals surface area contributed by atoms with Crippen molar-refractivity contribution >= 4 is 10.2 Å². The fourth-order valence-electron chi connectivity index (χ4n) is 0.475. The molecule has 0 radical (unpaired) electrons. The summed E-state index contributed by atoms with van der Waals surface area (Å²) in [5, 5.41) is 0. The lowest BCUT2D eigenvalue weighted by molar-refractivity contribution is 0.0829. The van der Waals surface area contributed by atoms with Crippen LogP contribution >= 0.6 is 0 Å². The highest BCUT2D eigenvalue weighted by molar-refractivity contribution is 6.10. The maximum atomic E-state index is 5.51. The molecule has 0 rings (SSSR count). The smallest absolute Gasteiger partial charge is 0.0488 e. The van der Waals surface area contributed by atoms with Crippen LogP contribution in [-0.2, 0) is 4.74 Å². The van der Waals surface area contributed by atoms with Crippen LogP contribution in [0.3, 0.4) is 0 Å². The molecule has 0 saturated heterocycles. The van der Waals surface area contributed by atoms with E-state index < -0.39 is 0 Å². The number of ether oxygens (including phenoxy) is 1. The lowest BCUT2D eigenvalue weighted by Gasteiger charge is -2.11. The lowest BCUT2D eigenvalue weighted by atomic mass is 10.2. The SMILES string of the molecule is CCC([SiH3])OCC(C)C. The van der Waals surface area contributed by atoms with Gasteiger partial charge in [0.25, 0.3) is 0 Å². The predicted octanol–water partition coefficient (Wildman–Crippen LogP) is 0.760. The Labute approximate surface area is 61.2 Å². The first-order chi connectivity index (χ1) is 4.16. The molecule has 0 bridgehead atoms. The highest BCUT2D eigenvalue weighted by Crippen LogP contribution is 1.97. The highest BCUT2D eigenvalue weighted by Gasteiger charge is 1.98. The molecular weight excluding hydrogens is 128 g/mol. The number of hydrogen-bond donors (Lipinski definition) is 0. The molecule has 0 aliphatic rings. The van der Waals surface area contributed by atoms with Crippen molar-refractivity contribution in [2.45, 2.75) is 32.9 Å². The van der Waals surface area contributed by atoms with E-state index >= 15 is 0 Å². The van der Waals surface area contributed by atoms with Crippen LogP contribution in [0.15, 0.2) is 0 Å². The van der Waals surface area contributed by atoms with Gasteiger partial charge in [-0.2, -0.15) is 0 Å². The van der Waals surface area contributed by atoms with E-state index in [9.17, 15) is 0 Å². The first kappa shape index (κ1) is 9.18. The quantitative estimate of drug-likeness (QED) is 0.532. The summed E-state index contributed by atoms with van der Waals surface area (Å²) in [5.74, 6) is 0.688. The largest absolute Gasteiger partial charge is 0.382 e. The van der Waals surface area contributed by atoms with Crippen LogP contribution in [0.2, 0.25) is 0 Å². The van der Waals surface area contributed by atoms with Gasteiger partial charge in [0.1, 0.15) is 0 Å². The van der Waals surface area contributed by atoms with Crippen molar-refractivity contribution in [2.24, 2.45) is 5.92 Å². The Hall–Kier alpha value is 0.177. The van der Waals surface area contributed by atoms with Crippen LogP contribution < -0.4 is 0 Å². The van der Waals surface area contributed by atoms with E-state index in [4.69, 9.17) is 4.74 Å². The van der Waals surface area contributed by atoms with E-state index in [2.05, 4.69) is 20.8 Å². The molecule has 0 aromatic heterocycles. The predicted molar refractivity (Wildman–Crippen MR) is 44.8 cm³/mol. The molecule has 56 valence electrons. The molecule has 0 aliphatic heterocycles. The average Bonchev–Trinajstić information content (AvgIpc) is 1.83. The summed E-state index contributed by atoms with van der Waals surface area (Å²) >= 11 is 0. The van der Waals surface area contributed by atoms with Crippen molar-refractivity contribution in [1.82, 2.24) is 0 Å². The monoisotopic (exact) mass is 146 g/mol. The first-order valence-electron chi connectivity index (χ1n) is 3.78. The van der Waals surface area contributed by atoms with Gasteiger partial charge >= 0.3 is 0 Å².